The van der Waals surface area contributed by atoms with Crippen LogP contribution in [-0.4, -0.2) is 10.9 Å². The van der Waals surface area contributed by atoms with Crippen molar-refractivity contribution in [3.8, 4) is 11.5 Å². The van der Waals surface area contributed by atoms with E-state index in [1.807, 2.05) is 24.3 Å². The number of halogens is 1. The molecule has 0 fully saturated rings. The van der Waals surface area contributed by atoms with Crippen LogP contribution in [0.25, 0.3) is 22.6 Å². The molecule has 0 aliphatic heterocycles. The number of benzene rings is 3. The van der Waals surface area contributed by atoms with E-state index in [4.69, 9.17) is 4.42 Å². The maximum absolute atomic E-state index is 13.8. The lowest BCUT2D eigenvalue weighted by Crippen LogP contribution is -2.13. The van der Waals surface area contributed by atoms with Gasteiger partial charge in [-0.05, 0) is 59.5 Å². The molecule has 0 bridgehead atoms. The van der Waals surface area contributed by atoms with Gasteiger partial charge in [0.15, 0.2) is 5.58 Å². The van der Waals surface area contributed by atoms with Gasteiger partial charge in [0.25, 0.3) is 5.91 Å². The summed E-state index contributed by atoms with van der Waals surface area (Å²) in [5, 5.41) is 2.70. The van der Waals surface area contributed by atoms with Crippen molar-refractivity contribution in [2.45, 2.75) is 26.2 Å². The molecule has 0 aliphatic rings. The molecule has 4 aromatic rings. The third-order valence-electron chi connectivity index (χ3n) is 4.76. The van der Waals surface area contributed by atoms with Crippen LogP contribution in [0.4, 0.5) is 10.1 Å². The monoisotopic (exact) mass is 388 g/mol. The Hall–Kier alpha value is -3.47. The van der Waals surface area contributed by atoms with E-state index in [1.54, 1.807) is 24.3 Å². The van der Waals surface area contributed by atoms with Crippen LogP contribution in [0.15, 0.2) is 71.1 Å². The molecule has 0 aliphatic carbocycles. The molecule has 5 heteroatoms. The van der Waals surface area contributed by atoms with Gasteiger partial charge in [0.2, 0.25) is 5.89 Å². The molecular formula is C24H21FN2O2. The van der Waals surface area contributed by atoms with Gasteiger partial charge in [-0.2, -0.15) is 0 Å². The van der Waals surface area contributed by atoms with Crippen molar-refractivity contribution < 1.29 is 13.6 Å². The van der Waals surface area contributed by atoms with Gasteiger partial charge in [0.05, 0.1) is 5.56 Å². The number of carbonyl (C=O) groups is 1. The van der Waals surface area contributed by atoms with Gasteiger partial charge in [-0.15, -0.1) is 0 Å². The molecule has 1 heterocycles. The normalized spacial score (nSPS) is 11.6. The standard InChI is InChI=1S/C24H21FN2O2/c1-24(2,3)16-10-13-21-20(14-16)27-23(29-21)15-8-11-17(12-9-15)26-22(28)18-6-4-5-7-19(18)25/h4-14H,1-3H3,(H,26,28). The summed E-state index contributed by atoms with van der Waals surface area (Å²) < 4.78 is 19.6. The maximum atomic E-state index is 13.8. The quantitative estimate of drug-likeness (QED) is 0.456. The summed E-state index contributed by atoms with van der Waals surface area (Å²) in [6.45, 7) is 6.47. The zero-order valence-corrected chi connectivity index (χ0v) is 16.5. The Labute approximate surface area is 168 Å². The summed E-state index contributed by atoms with van der Waals surface area (Å²) in [7, 11) is 0. The van der Waals surface area contributed by atoms with Crippen molar-refractivity contribution in [1.82, 2.24) is 4.98 Å². The van der Waals surface area contributed by atoms with Crippen LogP contribution in [0.2, 0.25) is 0 Å². The number of nitrogens with zero attached hydrogens (tertiary/aromatic N) is 1. The number of fused-ring (bicyclic) bond motifs is 1. The molecule has 29 heavy (non-hydrogen) atoms. The molecular weight excluding hydrogens is 367 g/mol. The molecule has 1 N–H and O–H groups in total. The topological polar surface area (TPSA) is 55.1 Å². The van der Waals surface area contributed by atoms with Crippen molar-refractivity contribution in [1.29, 1.82) is 0 Å². The fourth-order valence-electron chi connectivity index (χ4n) is 3.06. The van der Waals surface area contributed by atoms with E-state index in [2.05, 4.69) is 37.1 Å². The summed E-state index contributed by atoms with van der Waals surface area (Å²) in [6, 6.07) is 19.0. The number of aromatic nitrogens is 1. The number of hydrogen-bond donors (Lipinski definition) is 1. The van der Waals surface area contributed by atoms with Gasteiger partial charge in [0, 0.05) is 11.3 Å². The minimum Gasteiger partial charge on any atom is -0.436 e. The predicted molar refractivity (Wildman–Crippen MR) is 112 cm³/mol. The van der Waals surface area contributed by atoms with Crippen molar-refractivity contribution >= 4 is 22.7 Å². The van der Waals surface area contributed by atoms with Gasteiger partial charge in [-0.25, -0.2) is 9.37 Å². The van der Waals surface area contributed by atoms with E-state index in [0.717, 1.165) is 16.7 Å². The Kier molecular flexibility index (Phi) is 4.66. The van der Waals surface area contributed by atoms with E-state index in [0.29, 0.717) is 11.6 Å². The number of nitrogens with one attached hydrogen (secondary N) is 1. The first-order valence-electron chi connectivity index (χ1n) is 9.39. The molecule has 4 rings (SSSR count). The largest absolute Gasteiger partial charge is 0.436 e. The van der Waals surface area contributed by atoms with E-state index in [-0.39, 0.29) is 11.0 Å². The van der Waals surface area contributed by atoms with Gasteiger partial charge < -0.3 is 9.73 Å². The lowest BCUT2D eigenvalue weighted by atomic mass is 9.87. The average Bonchev–Trinajstić information content (AvgIpc) is 3.11. The first-order valence-corrected chi connectivity index (χ1v) is 9.39. The van der Waals surface area contributed by atoms with Crippen molar-refractivity contribution in [3.05, 3.63) is 83.7 Å². The van der Waals surface area contributed by atoms with Gasteiger partial charge >= 0.3 is 0 Å². The summed E-state index contributed by atoms with van der Waals surface area (Å²) >= 11 is 0. The van der Waals surface area contributed by atoms with Crippen LogP contribution in [0, 0.1) is 5.82 Å². The number of amides is 1. The third kappa shape index (κ3) is 3.90. The zero-order chi connectivity index (χ0) is 20.6. The second kappa shape index (κ2) is 7.17. The van der Waals surface area contributed by atoms with Crippen LogP contribution < -0.4 is 5.32 Å². The second-order valence-corrected chi connectivity index (χ2v) is 7.96. The van der Waals surface area contributed by atoms with Crippen LogP contribution in [0.1, 0.15) is 36.7 Å². The fraction of sp³-hybridized carbons (Fsp3) is 0.167. The first kappa shape index (κ1) is 18.9. The molecule has 0 spiro atoms. The van der Waals surface area contributed by atoms with Crippen molar-refractivity contribution in [3.63, 3.8) is 0 Å². The Balaban J connectivity index is 1.56. The number of oxazole rings is 1. The number of rotatable bonds is 3. The maximum Gasteiger partial charge on any atom is 0.258 e. The summed E-state index contributed by atoms with van der Waals surface area (Å²) in [5.74, 6) is -0.534. The SMILES string of the molecule is CC(C)(C)c1ccc2oc(-c3ccc(NC(=O)c4ccccc4F)cc3)nc2c1. The smallest absolute Gasteiger partial charge is 0.258 e. The Bertz CT molecular complexity index is 1190. The Morgan fingerprint density at radius 2 is 1.72 bits per heavy atom. The van der Waals surface area contributed by atoms with Crippen molar-refractivity contribution in [2.75, 3.05) is 5.32 Å². The van der Waals surface area contributed by atoms with E-state index < -0.39 is 11.7 Å². The van der Waals surface area contributed by atoms with Crippen LogP contribution in [0.5, 0.6) is 0 Å². The minimum absolute atomic E-state index is 0.00480. The molecule has 4 nitrogen and oxygen atoms in total. The molecule has 146 valence electrons. The fourth-order valence-corrected chi connectivity index (χ4v) is 3.06. The lowest BCUT2D eigenvalue weighted by molar-refractivity contribution is 0.102. The summed E-state index contributed by atoms with van der Waals surface area (Å²) in [5.41, 5.74) is 4.12. The zero-order valence-electron chi connectivity index (χ0n) is 16.5. The number of carbonyl (C=O) groups excluding carboxylic acids is 1. The summed E-state index contributed by atoms with van der Waals surface area (Å²) in [4.78, 5) is 16.8. The molecule has 0 unspecified atom stereocenters. The highest BCUT2D eigenvalue weighted by atomic mass is 19.1. The summed E-state index contributed by atoms with van der Waals surface area (Å²) in [6.07, 6.45) is 0. The Morgan fingerprint density at radius 1 is 1.00 bits per heavy atom. The number of hydrogen-bond acceptors (Lipinski definition) is 3. The van der Waals surface area contributed by atoms with E-state index in [9.17, 15) is 9.18 Å². The van der Waals surface area contributed by atoms with E-state index >= 15 is 0 Å². The van der Waals surface area contributed by atoms with E-state index in [1.165, 1.54) is 17.7 Å². The molecule has 1 aromatic heterocycles. The number of anilines is 1. The minimum atomic E-state index is -0.553. The Morgan fingerprint density at radius 3 is 2.41 bits per heavy atom. The molecule has 1 amide bonds. The highest BCUT2D eigenvalue weighted by molar-refractivity contribution is 6.04. The molecule has 0 saturated heterocycles. The average molecular weight is 388 g/mol. The van der Waals surface area contributed by atoms with Crippen LogP contribution in [-0.2, 0) is 5.41 Å². The highest BCUT2D eigenvalue weighted by Gasteiger charge is 2.16. The van der Waals surface area contributed by atoms with Crippen LogP contribution in [0.3, 0.4) is 0 Å². The second-order valence-electron chi connectivity index (χ2n) is 7.96. The first-order chi connectivity index (χ1) is 13.8. The van der Waals surface area contributed by atoms with Gasteiger partial charge in [-0.1, -0.05) is 39.0 Å². The highest BCUT2D eigenvalue weighted by Crippen LogP contribution is 2.29. The molecule has 0 radical (unpaired) electrons. The van der Waals surface area contributed by atoms with Gasteiger partial charge in [-0.3, -0.25) is 4.79 Å². The predicted octanol–water partition coefficient (Wildman–Crippen LogP) is 6.18. The molecule has 3 aromatic carbocycles. The molecule has 0 saturated carbocycles. The van der Waals surface area contributed by atoms with Crippen molar-refractivity contribution in [2.24, 2.45) is 0 Å². The van der Waals surface area contributed by atoms with Gasteiger partial charge in [0.1, 0.15) is 11.3 Å². The third-order valence-corrected chi connectivity index (χ3v) is 4.76. The lowest BCUT2D eigenvalue weighted by Gasteiger charge is -2.18. The molecule has 0 atom stereocenters. The van der Waals surface area contributed by atoms with Crippen LogP contribution >= 0.6 is 0 Å².